The van der Waals surface area contributed by atoms with Crippen molar-refractivity contribution in [2.45, 2.75) is 12.8 Å². The number of nitrogens with two attached hydrogens (primary N) is 1. The third kappa shape index (κ3) is 2.99. The summed E-state index contributed by atoms with van der Waals surface area (Å²) < 4.78 is 9.30. The van der Waals surface area contributed by atoms with E-state index in [0.29, 0.717) is 5.82 Å². The van der Waals surface area contributed by atoms with Crippen molar-refractivity contribution in [3.8, 4) is 16.9 Å². The number of ether oxygens (including phenoxy) is 1. The van der Waals surface area contributed by atoms with Gasteiger partial charge in [-0.15, -0.1) is 0 Å². The van der Waals surface area contributed by atoms with E-state index in [2.05, 4.69) is 15.2 Å². The number of aromatic nitrogens is 5. The number of nitrogens with zero attached hydrogens (tertiary/aromatic N) is 5. The molecular formula is C19H20N6O. The number of nitrogen functional groups attached to an aromatic ring is 1. The Kier molecular flexibility index (Phi) is 4.04. The predicted molar refractivity (Wildman–Crippen MR) is 100 cm³/mol. The Morgan fingerprint density at radius 1 is 1.08 bits per heavy atom. The van der Waals surface area contributed by atoms with Gasteiger partial charge in [-0.05, 0) is 36.6 Å². The molecule has 4 aromatic heterocycles. The maximum Gasteiger partial charge on any atom is 0.145 e. The SMILES string of the molecule is COc1cc(-c2cnn(C)c2)cn2ncc(CCc3ccnc(N)c3)c12. The zero-order valence-electron chi connectivity index (χ0n) is 14.8. The molecule has 0 unspecified atom stereocenters. The molecule has 0 fully saturated rings. The van der Waals surface area contributed by atoms with Gasteiger partial charge in [0.05, 0.1) is 19.5 Å². The van der Waals surface area contributed by atoms with Gasteiger partial charge < -0.3 is 10.5 Å². The molecular weight excluding hydrogens is 328 g/mol. The molecule has 0 spiro atoms. The van der Waals surface area contributed by atoms with Gasteiger partial charge in [-0.25, -0.2) is 9.50 Å². The maximum atomic E-state index is 5.76. The molecule has 4 rings (SSSR count). The van der Waals surface area contributed by atoms with E-state index in [4.69, 9.17) is 10.5 Å². The van der Waals surface area contributed by atoms with Gasteiger partial charge in [0, 0.05) is 42.3 Å². The highest BCUT2D eigenvalue weighted by molar-refractivity contribution is 5.72. The molecule has 4 heterocycles. The number of aryl methyl sites for hydroxylation is 3. The van der Waals surface area contributed by atoms with E-state index in [1.165, 1.54) is 0 Å². The second kappa shape index (κ2) is 6.51. The van der Waals surface area contributed by atoms with E-state index in [9.17, 15) is 0 Å². The second-order valence-corrected chi connectivity index (χ2v) is 6.25. The van der Waals surface area contributed by atoms with E-state index in [1.54, 1.807) is 18.0 Å². The van der Waals surface area contributed by atoms with Crippen LogP contribution >= 0.6 is 0 Å². The second-order valence-electron chi connectivity index (χ2n) is 6.25. The van der Waals surface area contributed by atoms with Crippen molar-refractivity contribution in [1.29, 1.82) is 0 Å². The minimum atomic E-state index is 0.543. The van der Waals surface area contributed by atoms with Crippen LogP contribution in [0.15, 0.2) is 49.2 Å². The third-order valence-corrected chi connectivity index (χ3v) is 4.44. The molecule has 0 aliphatic rings. The molecule has 0 bridgehead atoms. The fourth-order valence-electron chi connectivity index (χ4n) is 3.14. The molecule has 2 N–H and O–H groups in total. The van der Waals surface area contributed by atoms with Gasteiger partial charge in [-0.2, -0.15) is 10.2 Å². The molecule has 0 aromatic carbocycles. The summed E-state index contributed by atoms with van der Waals surface area (Å²) in [4.78, 5) is 4.04. The van der Waals surface area contributed by atoms with Crippen LogP contribution in [-0.2, 0) is 19.9 Å². The van der Waals surface area contributed by atoms with Crippen molar-refractivity contribution in [1.82, 2.24) is 24.4 Å². The fourth-order valence-corrected chi connectivity index (χ4v) is 3.14. The average molecular weight is 348 g/mol. The third-order valence-electron chi connectivity index (χ3n) is 4.44. The lowest BCUT2D eigenvalue weighted by molar-refractivity contribution is 0.417. The Bertz CT molecular complexity index is 1070. The lowest BCUT2D eigenvalue weighted by Gasteiger charge is -2.08. The highest BCUT2D eigenvalue weighted by Crippen LogP contribution is 2.30. The lowest BCUT2D eigenvalue weighted by atomic mass is 10.1. The standard InChI is InChI=1S/C19H20N6O/c1-24-11-16(10-22-24)15-8-17(26-2)19-14(9-23-25(19)12-15)4-3-13-5-6-21-18(20)7-13/h5-12H,3-4H2,1-2H3,(H2,20,21). The molecule has 0 saturated carbocycles. The number of fused-ring (bicyclic) bond motifs is 1. The van der Waals surface area contributed by atoms with Gasteiger partial charge in [0.2, 0.25) is 0 Å². The van der Waals surface area contributed by atoms with E-state index < -0.39 is 0 Å². The smallest absolute Gasteiger partial charge is 0.145 e. The first-order valence-electron chi connectivity index (χ1n) is 8.37. The molecule has 4 aromatic rings. The Morgan fingerprint density at radius 3 is 2.69 bits per heavy atom. The van der Waals surface area contributed by atoms with Crippen LogP contribution in [0, 0.1) is 0 Å². The van der Waals surface area contributed by atoms with Gasteiger partial charge in [0.15, 0.2) is 0 Å². The molecule has 132 valence electrons. The van der Waals surface area contributed by atoms with E-state index in [-0.39, 0.29) is 0 Å². The minimum Gasteiger partial charge on any atom is -0.494 e. The Labute approximate surface area is 151 Å². The molecule has 0 aliphatic carbocycles. The van der Waals surface area contributed by atoms with Crippen LogP contribution in [-0.4, -0.2) is 31.5 Å². The highest BCUT2D eigenvalue weighted by atomic mass is 16.5. The van der Waals surface area contributed by atoms with Crippen molar-refractivity contribution in [2.75, 3.05) is 12.8 Å². The molecule has 7 heteroatoms. The summed E-state index contributed by atoms with van der Waals surface area (Å²) in [6, 6.07) is 5.92. The minimum absolute atomic E-state index is 0.543. The van der Waals surface area contributed by atoms with Gasteiger partial charge in [-0.3, -0.25) is 4.68 Å². The first-order chi connectivity index (χ1) is 12.6. The molecule has 0 amide bonds. The number of anilines is 1. The molecule has 0 saturated heterocycles. The molecule has 26 heavy (non-hydrogen) atoms. The normalized spacial score (nSPS) is 11.2. The highest BCUT2D eigenvalue weighted by Gasteiger charge is 2.13. The predicted octanol–water partition coefficient (Wildman–Crippen LogP) is 2.51. The van der Waals surface area contributed by atoms with Gasteiger partial charge in [0.1, 0.15) is 17.1 Å². The number of hydrogen-bond donors (Lipinski definition) is 1. The number of methoxy groups -OCH3 is 1. The van der Waals surface area contributed by atoms with Crippen molar-refractivity contribution in [3.63, 3.8) is 0 Å². The largest absolute Gasteiger partial charge is 0.494 e. The Morgan fingerprint density at radius 2 is 1.96 bits per heavy atom. The van der Waals surface area contributed by atoms with Crippen molar-refractivity contribution in [2.24, 2.45) is 7.05 Å². The van der Waals surface area contributed by atoms with Gasteiger partial charge in [0.25, 0.3) is 0 Å². The monoisotopic (exact) mass is 348 g/mol. The first-order valence-corrected chi connectivity index (χ1v) is 8.37. The van der Waals surface area contributed by atoms with E-state index in [1.807, 2.05) is 54.5 Å². The summed E-state index contributed by atoms with van der Waals surface area (Å²) in [6.45, 7) is 0. The van der Waals surface area contributed by atoms with Crippen LogP contribution in [0.2, 0.25) is 0 Å². The Balaban J connectivity index is 1.68. The summed E-state index contributed by atoms with van der Waals surface area (Å²) in [5.74, 6) is 1.34. The summed E-state index contributed by atoms with van der Waals surface area (Å²) in [5, 5.41) is 8.76. The molecule has 0 aliphatic heterocycles. The quantitative estimate of drug-likeness (QED) is 0.599. The molecule has 7 nitrogen and oxygen atoms in total. The first kappa shape index (κ1) is 16.1. The van der Waals surface area contributed by atoms with E-state index in [0.717, 1.165) is 46.4 Å². The zero-order valence-corrected chi connectivity index (χ0v) is 14.8. The number of hydrogen-bond acceptors (Lipinski definition) is 5. The number of pyridine rings is 2. The van der Waals surface area contributed by atoms with Crippen LogP contribution in [0.3, 0.4) is 0 Å². The van der Waals surface area contributed by atoms with Crippen LogP contribution in [0.5, 0.6) is 5.75 Å². The maximum absolute atomic E-state index is 5.76. The molecule has 0 radical (unpaired) electrons. The van der Waals surface area contributed by atoms with E-state index >= 15 is 0 Å². The summed E-state index contributed by atoms with van der Waals surface area (Å²) in [5.41, 5.74) is 11.1. The van der Waals surface area contributed by atoms with Crippen LogP contribution < -0.4 is 10.5 Å². The van der Waals surface area contributed by atoms with Crippen molar-refractivity contribution < 1.29 is 4.74 Å². The summed E-state index contributed by atoms with van der Waals surface area (Å²) >= 11 is 0. The van der Waals surface area contributed by atoms with Crippen molar-refractivity contribution >= 4 is 11.3 Å². The van der Waals surface area contributed by atoms with Crippen LogP contribution in [0.1, 0.15) is 11.1 Å². The van der Waals surface area contributed by atoms with Crippen molar-refractivity contribution in [3.05, 3.63) is 60.3 Å². The van der Waals surface area contributed by atoms with Gasteiger partial charge >= 0.3 is 0 Å². The lowest BCUT2D eigenvalue weighted by Crippen LogP contribution is -1.97. The molecule has 0 atom stereocenters. The average Bonchev–Trinajstić information content (AvgIpc) is 3.25. The Hall–Kier alpha value is -3.35. The van der Waals surface area contributed by atoms with Gasteiger partial charge in [-0.1, -0.05) is 0 Å². The van der Waals surface area contributed by atoms with Crippen LogP contribution in [0.25, 0.3) is 16.6 Å². The fraction of sp³-hybridized carbons (Fsp3) is 0.211. The zero-order chi connectivity index (χ0) is 18.1. The summed E-state index contributed by atoms with van der Waals surface area (Å²) in [6.07, 6.45) is 11.1. The van der Waals surface area contributed by atoms with Crippen LogP contribution in [0.4, 0.5) is 5.82 Å². The summed E-state index contributed by atoms with van der Waals surface area (Å²) in [7, 11) is 3.58. The number of rotatable bonds is 5. The topological polar surface area (TPSA) is 83.3 Å².